The Hall–Kier alpha value is -0.300. The summed E-state index contributed by atoms with van der Waals surface area (Å²) in [7, 11) is 0. The van der Waals surface area contributed by atoms with Crippen molar-refractivity contribution >= 4 is 17.4 Å². The Morgan fingerprint density at radius 3 is 2.09 bits per heavy atom. The molecule has 2 heteroatoms. The summed E-state index contributed by atoms with van der Waals surface area (Å²) in [5.74, 6) is 0.291. The lowest BCUT2D eigenvalue weighted by atomic mass is 10.1. The number of ketones is 1. The van der Waals surface area contributed by atoms with Crippen LogP contribution < -0.4 is 0 Å². The molecule has 0 aromatic carbocycles. The van der Waals surface area contributed by atoms with Crippen LogP contribution in [0, 0.1) is 5.92 Å². The van der Waals surface area contributed by atoms with E-state index < -0.39 is 0 Å². The molecule has 0 aliphatic carbocycles. The molecule has 0 aromatic heterocycles. The first-order chi connectivity index (χ1) is 4.95. The van der Waals surface area contributed by atoms with Crippen molar-refractivity contribution in [1.82, 2.24) is 0 Å². The van der Waals surface area contributed by atoms with E-state index in [0.29, 0.717) is 11.5 Å². The average molecular weight is 175 g/mol. The maximum absolute atomic E-state index is 11.1. The molecule has 0 saturated carbocycles. The maximum Gasteiger partial charge on any atom is 0.140 e. The van der Waals surface area contributed by atoms with Crippen molar-refractivity contribution in [3.05, 3.63) is 10.6 Å². The molecule has 0 unspecified atom stereocenters. The summed E-state index contributed by atoms with van der Waals surface area (Å²) in [6, 6.07) is 0. The predicted octanol–water partition coefficient (Wildman–Crippen LogP) is 3.13. The van der Waals surface area contributed by atoms with Crippen molar-refractivity contribution in [3.8, 4) is 0 Å². The van der Waals surface area contributed by atoms with E-state index in [1.165, 1.54) is 0 Å². The molecule has 0 spiro atoms. The predicted molar refractivity (Wildman–Crippen MR) is 48.7 cm³/mol. The summed E-state index contributed by atoms with van der Waals surface area (Å²) in [6.07, 6.45) is 0.390. The topological polar surface area (TPSA) is 17.1 Å². The van der Waals surface area contributed by atoms with Crippen molar-refractivity contribution < 1.29 is 4.79 Å². The lowest BCUT2D eigenvalue weighted by molar-refractivity contribution is -0.121. The molecular formula is C9H15ClO. The van der Waals surface area contributed by atoms with Gasteiger partial charge in [-0.1, -0.05) is 31.0 Å². The average Bonchev–Trinajstić information content (AvgIpc) is 1.87. The fourth-order valence-electron chi connectivity index (χ4n) is 0.534. The van der Waals surface area contributed by atoms with Crippen LogP contribution in [-0.2, 0) is 4.79 Å². The number of hydrogen-bond acceptors (Lipinski definition) is 1. The molecular weight excluding hydrogens is 160 g/mol. The number of Topliss-reactive ketones (excluding diaryl/α,β-unsaturated/α-hetero) is 1. The van der Waals surface area contributed by atoms with Crippen LogP contribution in [0.1, 0.15) is 34.1 Å². The molecule has 1 nitrogen and oxygen atoms in total. The lowest BCUT2D eigenvalue weighted by Gasteiger charge is -2.03. The van der Waals surface area contributed by atoms with Gasteiger partial charge in [0.1, 0.15) is 5.78 Å². The highest BCUT2D eigenvalue weighted by atomic mass is 35.5. The van der Waals surface area contributed by atoms with Crippen molar-refractivity contribution in [2.45, 2.75) is 34.1 Å². The monoisotopic (exact) mass is 174 g/mol. The third kappa shape index (κ3) is 4.20. The van der Waals surface area contributed by atoms with Crippen LogP contribution in [0.4, 0.5) is 0 Å². The third-order valence-electron chi connectivity index (χ3n) is 1.52. The highest BCUT2D eigenvalue weighted by Gasteiger charge is 2.08. The second kappa shape index (κ2) is 4.55. The maximum atomic E-state index is 11.1. The molecule has 11 heavy (non-hydrogen) atoms. The van der Waals surface area contributed by atoms with Crippen LogP contribution >= 0.6 is 11.6 Å². The Bertz CT molecular complexity index is 176. The summed E-state index contributed by atoms with van der Waals surface area (Å²) in [5.41, 5.74) is 1.03. The Kier molecular flexibility index (Phi) is 4.43. The van der Waals surface area contributed by atoms with Crippen molar-refractivity contribution in [3.63, 3.8) is 0 Å². The minimum Gasteiger partial charge on any atom is -0.299 e. The van der Waals surface area contributed by atoms with E-state index in [0.717, 1.165) is 5.57 Å². The van der Waals surface area contributed by atoms with Crippen LogP contribution in [0.2, 0.25) is 0 Å². The normalized spacial score (nSPS) is 10.0. The Morgan fingerprint density at radius 2 is 1.82 bits per heavy atom. The van der Waals surface area contributed by atoms with Crippen LogP contribution in [0.3, 0.4) is 0 Å². The van der Waals surface area contributed by atoms with Gasteiger partial charge in [-0.2, -0.15) is 0 Å². The van der Waals surface area contributed by atoms with Gasteiger partial charge in [0.15, 0.2) is 0 Å². The van der Waals surface area contributed by atoms with E-state index in [1.807, 2.05) is 27.7 Å². The molecule has 0 amide bonds. The molecule has 0 rings (SSSR count). The van der Waals surface area contributed by atoms with Crippen molar-refractivity contribution in [2.75, 3.05) is 0 Å². The number of carbonyl (C=O) groups excluding carboxylic acids is 1. The largest absolute Gasteiger partial charge is 0.299 e. The first kappa shape index (κ1) is 10.7. The van der Waals surface area contributed by atoms with Crippen LogP contribution in [0.25, 0.3) is 0 Å². The summed E-state index contributed by atoms with van der Waals surface area (Å²) >= 11 is 5.81. The molecule has 64 valence electrons. The number of halogens is 1. The summed E-state index contributed by atoms with van der Waals surface area (Å²) in [5, 5.41) is 0.684. The van der Waals surface area contributed by atoms with E-state index >= 15 is 0 Å². The van der Waals surface area contributed by atoms with Gasteiger partial charge in [0, 0.05) is 17.4 Å². The van der Waals surface area contributed by atoms with E-state index in [4.69, 9.17) is 11.6 Å². The van der Waals surface area contributed by atoms with Gasteiger partial charge >= 0.3 is 0 Å². The molecule has 0 aromatic rings. The van der Waals surface area contributed by atoms with Gasteiger partial charge in [-0.05, 0) is 13.8 Å². The molecule has 0 atom stereocenters. The van der Waals surface area contributed by atoms with Gasteiger partial charge in [0.2, 0.25) is 0 Å². The highest BCUT2D eigenvalue weighted by molar-refractivity contribution is 6.31. The number of allylic oxidation sites excluding steroid dienone is 2. The van der Waals surface area contributed by atoms with E-state index in [2.05, 4.69) is 0 Å². The molecule has 0 aliphatic rings. The SMILES string of the molecule is CC(C)=C(Cl)CC(=O)C(C)C. The van der Waals surface area contributed by atoms with Gasteiger partial charge in [-0.15, -0.1) is 0 Å². The number of carbonyl (C=O) groups is 1. The summed E-state index contributed by atoms with van der Waals surface area (Å²) in [6.45, 7) is 7.60. The molecule has 0 N–H and O–H groups in total. The zero-order valence-electron chi connectivity index (χ0n) is 7.57. The smallest absolute Gasteiger partial charge is 0.140 e. The van der Waals surface area contributed by atoms with E-state index in [9.17, 15) is 4.79 Å². The first-order valence-corrected chi connectivity index (χ1v) is 4.17. The van der Waals surface area contributed by atoms with Crippen molar-refractivity contribution in [2.24, 2.45) is 5.92 Å². The Morgan fingerprint density at radius 1 is 1.36 bits per heavy atom. The van der Waals surface area contributed by atoms with Gasteiger partial charge in [-0.25, -0.2) is 0 Å². The van der Waals surface area contributed by atoms with Gasteiger partial charge in [0.25, 0.3) is 0 Å². The van der Waals surface area contributed by atoms with Crippen LogP contribution in [0.5, 0.6) is 0 Å². The first-order valence-electron chi connectivity index (χ1n) is 3.79. The minimum atomic E-state index is 0.0862. The second-order valence-corrected chi connectivity index (χ2v) is 3.66. The molecule has 0 radical (unpaired) electrons. The van der Waals surface area contributed by atoms with Crippen LogP contribution in [0.15, 0.2) is 10.6 Å². The summed E-state index contributed by atoms with van der Waals surface area (Å²) in [4.78, 5) is 11.1. The third-order valence-corrected chi connectivity index (χ3v) is 2.03. The number of hydrogen-bond donors (Lipinski definition) is 0. The minimum absolute atomic E-state index is 0.0862. The molecule has 0 aliphatic heterocycles. The lowest BCUT2D eigenvalue weighted by Crippen LogP contribution is -2.06. The zero-order valence-corrected chi connectivity index (χ0v) is 8.33. The number of rotatable bonds is 3. The fraction of sp³-hybridized carbons (Fsp3) is 0.667. The zero-order chi connectivity index (χ0) is 9.02. The van der Waals surface area contributed by atoms with Gasteiger partial charge in [-0.3, -0.25) is 4.79 Å². The molecule has 0 heterocycles. The van der Waals surface area contributed by atoms with Crippen molar-refractivity contribution in [1.29, 1.82) is 0 Å². The molecule has 0 fully saturated rings. The van der Waals surface area contributed by atoms with Crippen LogP contribution in [-0.4, -0.2) is 5.78 Å². The van der Waals surface area contributed by atoms with E-state index in [1.54, 1.807) is 0 Å². The summed E-state index contributed by atoms with van der Waals surface area (Å²) < 4.78 is 0. The standard InChI is InChI=1S/C9H15ClO/c1-6(2)8(10)5-9(11)7(3)4/h7H,5H2,1-4H3. The Labute approximate surface area is 73.4 Å². The fourth-order valence-corrected chi connectivity index (χ4v) is 0.666. The molecule has 0 saturated heterocycles. The Balaban J connectivity index is 4.07. The van der Waals surface area contributed by atoms with Gasteiger partial charge in [0.05, 0.1) is 0 Å². The van der Waals surface area contributed by atoms with Gasteiger partial charge < -0.3 is 0 Å². The quantitative estimate of drug-likeness (QED) is 0.643. The molecule has 0 bridgehead atoms. The van der Waals surface area contributed by atoms with E-state index in [-0.39, 0.29) is 11.7 Å². The second-order valence-electron chi connectivity index (χ2n) is 3.20. The highest BCUT2D eigenvalue weighted by Crippen LogP contribution is 2.15.